The molecule has 0 radical (unpaired) electrons. The van der Waals surface area contributed by atoms with Crippen molar-refractivity contribution < 1.29 is 4.39 Å². The predicted octanol–water partition coefficient (Wildman–Crippen LogP) is 3.34. The molecule has 0 aromatic carbocycles. The zero-order valence-electron chi connectivity index (χ0n) is 9.63. The third kappa shape index (κ3) is 1.88. The fourth-order valence-corrected chi connectivity index (χ4v) is 2.47. The molecule has 1 aliphatic rings. The fraction of sp³-hybridized carbons (Fsp3) is 0.583. The van der Waals surface area contributed by atoms with E-state index >= 15 is 0 Å². The topological polar surface area (TPSA) is 16.1 Å². The van der Waals surface area contributed by atoms with Gasteiger partial charge in [0, 0.05) is 23.8 Å². The summed E-state index contributed by atoms with van der Waals surface area (Å²) >= 11 is 5.70. The molecule has 0 N–H and O–H groups in total. The molecular formula is C12H16ClFN2. The maximum atomic E-state index is 14.1. The van der Waals surface area contributed by atoms with Crippen molar-refractivity contribution in [1.29, 1.82) is 0 Å². The number of nitrogens with zero attached hydrogens (tertiary/aromatic N) is 2. The fourth-order valence-electron chi connectivity index (χ4n) is 2.26. The number of hydrogen-bond donors (Lipinski definition) is 0. The summed E-state index contributed by atoms with van der Waals surface area (Å²) < 4.78 is 14.1. The standard InChI is InChI=1S/C12H16ClFN2/c1-12(2)5-3-7-16(12)11-10(14)9(8-13)4-6-15-11/h4,6H,3,5,7-8H2,1-2H3. The van der Waals surface area contributed by atoms with Crippen LogP contribution >= 0.6 is 11.6 Å². The van der Waals surface area contributed by atoms with Crippen LogP contribution in [0, 0.1) is 5.82 Å². The van der Waals surface area contributed by atoms with Crippen molar-refractivity contribution in [3.8, 4) is 0 Å². The Balaban J connectivity index is 2.41. The summed E-state index contributed by atoms with van der Waals surface area (Å²) in [5, 5.41) is 0. The van der Waals surface area contributed by atoms with E-state index in [0.29, 0.717) is 11.4 Å². The molecule has 0 spiro atoms. The first-order chi connectivity index (χ1) is 7.56. The number of alkyl halides is 1. The second-order valence-electron chi connectivity index (χ2n) is 4.81. The normalized spacial score (nSPS) is 19.1. The Labute approximate surface area is 100 Å². The van der Waals surface area contributed by atoms with E-state index in [0.717, 1.165) is 19.4 Å². The lowest BCUT2D eigenvalue weighted by molar-refractivity contribution is 0.500. The van der Waals surface area contributed by atoms with Crippen molar-refractivity contribution in [3.05, 3.63) is 23.6 Å². The summed E-state index contributed by atoms with van der Waals surface area (Å²) in [7, 11) is 0. The molecule has 1 aliphatic heterocycles. The highest BCUT2D eigenvalue weighted by Gasteiger charge is 2.34. The molecule has 88 valence electrons. The first-order valence-electron chi connectivity index (χ1n) is 5.53. The number of hydrogen-bond acceptors (Lipinski definition) is 2. The van der Waals surface area contributed by atoms with Crippen LogP contribution < -0.4 is 4.90 Å². The first kappa shape index (κ1) is 11.6. The Morgan fingerprint density at radius 2 is 2.31 bits per heavy atom. The number of aromatic nitrogens is 1. The first-order valence-corrected chi connectivity index (χ1v) is 6.07. The molecule has 1 fully saturated rings. The molecule has 2 nitrogen and oxygen atoms in total. The summed E-state index contributed by atoms with van der Waals surface area (Å²) in [6.45, 7) is 5.10. The molecule has 0 unspecified atom stereocenters. The summed E-state index contributed by atoms with van der Waals surface area (Å²) in [4.78, 5) is 6.20. The van der Waals surface area contributed by atoms with Crippen molar-refractivity contribution in [2.24, 2.45) is 0 Å². The monoisotopic (exact) mass is 242 g/mol. The molecule has 2 rings (SSSR count). The molecule has 1 aromatic heterocycles. The largest absolute Gasteiger partial charge is 0.349 e. The van der Waals surface area contributed by atoms with E-state index in [1.807, 2.05) is 4.90 Å². The third-order valence-electron chi connectivity index (χ3n) is 3.25. The molecule has 0 amide bonds. The van der Waals surface area contributed by atoms with E-state index in [4.69, 9.17) is 11.6 Å². The molecule has 16 heavy (non-hydrogen) atoms. The van der Waals surface area contributed by atoms with E-state index in [1.54, 1.807) is 12.3 Å². The predicted molar refractivity (Wildman–Crippen MR) is 64.4 cm³/mol. The zero-order valence-corrected chi connectivity index (χ0v) is 10.4. The van der Waals surface area contributed by atoms with Gasteiger partial charge in [0.05, 0.1) is 5.88 Å². The Morgan fingerprint density at radius 1 is 1.56 bits per heavy atom. The highest BCUT2D eigenvalue weighted by molar-refractivity contribution is 6.17. The van der Waals surface area contributed by atoms with Crippen LogP contribution in [-0.4, -0.2) is 17.1 Å². The Bertz CT molecular complexity index is 393. The van der Waals surface area contributed by atoms with E-state index in [1.165, 1.54) is 0 Å². The molecule has 0 saturated carbocycles. The molecule has 4 heteroatoms. The molecule has 1 aromatic rings. The van der Waals surface area contributed by atoms with Crippen LogP contribution in [0.2, 0.25) is 0 Å². The number of pyridine rings is 1. The van der Waals surface area contributed by atoms with Crippen LogP contribution in [0.3, 0.4) is 0 Å². The maximum absolute atomic E-state index is 14.1. The van der Waals surface area contributed by atoms with Gasteiger partial charge in [-0.1, -0.05) is 0 Å². The second-order valence-corrected chi connectivity index (χ2v) is 5.08. The SMILES string of the molecule is CC1(C)CCCN1c1nccc(CCl)c1F. The minimum atomic E-state index is -0.271. The lowest BCUT2D eigenvalue weighted by Gasteiger charge is -2.33. The average Bonchev–Trinajstić information content (AvgIpc) is 2.59. The van der Waals surface area contributed by atoms with Crippen molar-refractivity contribution in [2.75, 3.05) is 11.4 Å². The number of rotatable bonds is 2. The minimum Gasteiger partial charge on any atom is -0.349 e. The highest BCUT2D eigenvalue weighted by Crippen LogP contribution is 2.34. The van der Waals surface area contributed by atoms with E-state index in [2.05, 4.69) is 18.8 Å². The van der Waals surface area contributed by atoms with Crippen LogP contribution in [0.15, 0.2) is 12.3 Å². The van der Waals surface area contributed by atoms with Gasteiger partial charge in [0.2, 0.25) is 0 Å². The van der Waals surface area contributed by atoms with Crippen molar-refractivity contribution in [3.63, 3.8) is 0 Å². The number of anilines is 1. The molecule has 1 saturated heterocycles. The van der Waals surface area contributed by atoms with Gasteiger partial charge in [-0.25, -0.2) is 9.37 Å². The lowest BCUT2D eigenvalue weighted by atomic mass is 10.0. The average molecular weight is 243 g/mol. The molecule has 0 bridgehead atoms. The maximum Gasteiger partial charge on any atom is 0.170 e. The van der Waals surface area contributed by atoms with Gasteiger partial charge in [-0.05, 0) is 32.8 Å². The second kappa shape index (κ2) is 4.21. The molecule has 0 atom stereocenters. The van der Waals surface area contributed by atoms with Gasteiger partial charge in [-0.3, -0.25) is 0 Å². The summed E-state index contributed by atoms with van der Waals surface area (Å²) in [6.07, 6.45) is 3.78. The van der Waals surface area contributed by atoms with E-state index in [9.17, 15) is 4.39 Å². The van der Waals surface area contributed by atoms with Gasteiger partial charge in [0.25, 0.3) is 0 Å². The van der Waals surface area contributed by atoms with Gasteiger partial charge in [-0.15, -0.1) is 11.6 Å². The van der Waals surface area contributed by atoms with Gasteiger partial charge < -0.3 is 4.90 Å². The summed E-state index contributed by atoms with van der Waals surface area (Å²) in [6, 6.07) is 1.63. The Morgan fingerprint density at radius 3 is 2.88 bits per heavy atom. The van der Waals surface area contributed by atoms with Crippen molar-refractivity contribution in [1.82, 2.24) is 4.98 Å². The van der Waals surface area contributed by atoms with Gasteiger partial charge >= 0.3 is 0 Å². The van der Waals surface area contributed by atoms with E-state index < -0.39 is 0 Å². The quantitative estimate of drug-likeness (QED) is 0.740. The Hall–Kier alpha value is -0.830. The van der Waals surface area contributed by atoms with Crippen LogP contribution in [0.5, 0.6) is 0 Å². The van der Waals surface area contributed by atoms with Crippen molar-refractivity contribution in [2.45, 2.75) is 38.1 Å². The van der Waals surface area contributed by atoms with Crippen LogP contribution in [0.4, 0.5) is 10.2 Å². The minimum absolute atomic E-state index is 0.0151. The molecule has 2 heterocycles. The zero-order chi connectivity index (χ0) is 11.8. The van der Waals surface area contributed by atoms with Gasteiger partial charge in [0.15, 0.2) is 11.6 Å². The smallest absolute Gasteiger partial charge is 0.170 e. The Kier molecular flexibility index (Phi) is 3.06. The molecular weight excluding hydrogens is 227 g/mol. The van der Waals surface area contributed by atoms with Crippen LogP contribution in [-0.2, 0) is 5.88 Å². The van der Waals surface area contributed by atoms with Crippen LogP contribution in [0.1, 0.15) is 32.3 Å². The lowest BCUT2D eigenvalue weighted by Crippen LogP contribution is -2.39. The van der Waals surface area contributed by atoms with Crippen molar-refractivity contribution >= 4 is 17.4 Å². The summed E-state index contributed by atoms with van der Waals surface area (Å²) in [5.41, 5.74) is 0.507. The van der Waals surface area contributed by atoms with Gasteiger partial charge in [-0.2, -0.15) is 0 Å². The third-order valence-corrected chi connectivity index (χ3v) is 3.54. The summed E-state index contributed by atoms with van der Waals surface area (Å²) in [5.74, 6) is 0.364. The highest BCUT2D eigenvalue weighted by atomic mass is 35.5. The van der Waals surface area contributed by atoms with E-state index in [-0.39, 0.29) is 17.2 Å². The van der Waals surface area contributed by atoms with Crippen LogP contribution in [0.25, 0.3) is 0 Å². The van der Waals surface area contributed by atoms with Gasteiger partial charge in [0.1, 0.15) is 0 Å². The molecule has 0 aliphatic carbocycles. The number of halogens is 2.